The molecule has 0 rings (SSSR count). The first-order chi connectivity index (χ1) is 8.60. The number of rotatable bonds is 11. The van der Waals surface area contributed by atoms with Crippen molar-refractivity contribution in [1.29, 1.82) is 0 Å². The van der Waals surface area contributed by atoms with Gasteiger partial charge in [-0.1, -0.05) is 40.0 Å². The maximum absolute atomic E-state index is 11.6. The molecule has 0 bridgehead atoms. The summed E-state index contributed by atoms with van der Waals surface area (Å²) in [6.07, 6.45) is 7.36. The maximum Gasteiger partial charge on any atom is 0.220 e. The number of nitrogens with two attached hydrogens (primary N) is 1. The molecule has 0 spiro atoms. The van der Waals surface area contributed by atoms with Gasteiger partial charge in [0.1, 0.15) is 0 Å². The normalized spacial score (nSPS) is 12.7. The first-order valence-corrected chi connectivity index (χ1v) is 7.56. The van der Waals surface area contributed by atoms with E-state index in [-0.39, 0.29) is 5.91 Å². The van der Waals surface area contributed by atoms with E-state index < -0.39 is 0 Å². The molecule has 0 aliphatic rings. The molecular formula is C15H32N2O. The average molecular weight is 256 g/mol. The molecule has 3 N–H and O–H groups in total. The molecule has 0 aromatic carbocycles. The summed E-state index contributed by atoms with van der Waals surface area (Å²) in [7, 11) is 0. The van der Waals surface area contributed by atoms with Gasteiger partial charge in [0.05, 0.1) is 0 Å². The molecule has 1 unspecified atom stereocenters. The van der Waals surface area contributed by atoms with E-state index in [4.69, 9.17) is 5.73 Å². The topological polar surface area (TPSA) is 55.1 Å². The van der Waals surface area contributed by atoms with Gasteiger partial charge in [0, 0.05) is 13.0 Å². The average Bonchev–Trinajstić information content (AvgIpc) is 2.33. The third kappa shape index (κ3) is 10.6. The summed E-state index contributed by atoms with van der Waals surface area (Å²) in [4.78, 5) is 11.6. The Morgan fingerprint density at radius 3 is 2.44 bits per heavy atom. The van der Waals surface area contributed by atoms with Crippen LogP contribution in [0.4, 0.5) is 0 Å². The largest absolute Gasteiger partial charge is 0.356 e. The van der Waals surface area contributed by atoms with Crippen molar-refractivity contribution in [2.24, 2.45) is 17.6 Å². The molecule has 0 aliphatic carbocycles. The van der Waals surface area contributed by atoms with Gasteiger partial charge in [-0.2, -0.15) is 0 Å². The molecule has 1 atom stereocenters. The smallest absolute Gasteiger partial charge is 0.220 e. The fourth-order valence-electron chi connectivity index (χ4n) is 2.12. The van der Waals surface area contributed by atoms with Crippen molar-refractivity contribution in [2.75, 3.05) is 13.1 Å². The Bertz CT molecular complexity index is 205. The van der Waals surface area contributed by atoms with Crippen LogP contribution in [0.1, 0.15) is 65.7 Å². The van der Waals surface area contributed by atoms with Crippen LogP contribution in [0, 0.1) is 11.8 Å². The molecule has 0 radical (unpaired) electrons. The lowest BCUT2D eigenvalue weighted by atomic mass is 9.96. The van der Waals surface area contributed by atoms with Gasteiger partial charge < -0.3 is 11.1 Å². The Morgan fingerprint density at radius 1 is 1.17 bits per heavy atom. The minimum absolute atomic E-state index is 0.204. The molecule has 1 amide bonds. The zero-order chi connectivity index (χ0) is 13.8. The van der Waals surface area contributed by atoms with E-state index in [2.05, 4.69) is 26.1 Å². The second-order valence-electron chi connectivity index (χ2n) is 5.63. The lowest BCUT2D eigenvalue weighted by Crippen LogP contribution is -2.25. The first kappa shape index (κ1) is 17.4. The monoisotopic (exact) mass is 256 g/mol. The molecule has 3 nitrogen and oxygen atoms in total. The van der Waals surface area contributed by atoms with Crippen molar-refractivity contribution in [1.82, 2.24) is 5.32 Å². The van der Waals surface area contributed by atoms with Crippen molar-refractivity contribution in [3.63, 3.8) is 0 Å². The third-order valence-electron chi connectivity index (χ3n) is 3.46. The van der Waals surface area contributed by atoms with Crippen LogP contribution in [0.2, 0.25) is 0 Å². The van der Waals surface area contributed by atoms with E-state index in [1.165, 1.54) is 12.8 Å². The molecule has 108 valence electrons. The quantitative estimate of drug-likeness (QED) is 0.558. The summed E-state index contributed by atoms with van der Waals surface area (Å²) < 4.78 is 0. The molecule has 0 aromatic rings. The summed E-state index contributed by atoms with van der Waals surface area (Å²) in [5.41, 5.74) is 5.55. The van der Waals surface area contributed by atoms with E-state index in [9.17, 15) is 4.79 Å². The highest BCUT2D eigenvalue weighted by atomic mass is 16.1. The van der Waals surface area contributed by atoms with Crippen LogP contribution in [-0.2, 0) is 4.79 Å². The van der Waals surface area contributed by atoms with Crippen molar-refractivity contribution in [3.05, 3.63) is 0 Å². The Balaban J connectivity index is 3.47. The SMILES string of the molecule is CCC(CCN)CCC(=O)NCCCCC(C)C. The van der Waals surface area contributed by atoms with Crippen LogP contribution in [0.15, 0.2) is 0 Å². The van der Waals surface area contributed by atoms with Gasteiger partial charge in [0.25, 0.3) is 0 Å². The first-order valence-electron chi connectivity index (χ1n) is 7.56. The summed E-state index contributed by atoms with van der Waals surface area (Å²) in [6, 6.07) is 0. The van der Waals surface area contributed by atoms with Gasteiger partial charge in [0.2, 0.25) is 5.91 Å². The van der Waals surface area contributed by atoms with Crippen molar-refractivity contribution < 1.29 is 4.79 Å². The number of amides is 1. The molecule has 0 fully saturated rings. The van der Waals surface area contributed by atoms with Gasteiger partial charge >= 0.3 is 0 Å². The number of unbranched alkanes of at least 4 members (excludes halogenated alkanes) is 1. The van der Waals surface area contributed by atoms with Crippen LogP contribution in [-0.4, -0.2) is 19.0 Å². The molecule has 0 aliphatic heterocycles. The van der Waals surface area contributed by atoms with E-state index in [0.29, 0.717) is 12.3 Å². The van der Waals surface area contributed by atoms with E-state index in [0.717, 1.165) is 44.7 Å². The summed E-state index contributed by atoms with van der Waals surface area (Å²) in [6.45, 7) is 8.21. The highest BCUT2D eigenvalue weighted by Crippen LogP contribution is 2.14. The van der Waals surface area contributed by atoms with Crippen LogP contribution < -0.4 is 11.1 Å². The Morgan fingerprint density at radius 2 is 1.89 bits per heavy atom. The van der Waals surface area contributed by atoms with Crippen LogP contribution in [0.5, 0.6) is 0 Å². The number of carbonyl (C=O) groups is 1. The number of nitrogens with one attached hydrogen (secondary N) is 1. The van der Waals surface area contributed by atoms with Gasteiger partial charge in [0.15, 0.2) is 0 Å². The lowest BCUT2D eigenvalue weighted by Gasteiger charge is -2.13. The molecule has 0 heterocycles. The zero-order valence-corrected chi connectivity index (χ0v) is 12.5. The minimum Gasteiger partial charge on any atom is -0.356 e. The predicted octanol–water partition coefficient (Wildman–Crippen LogP) is 3.08. The summed E-state index contributed by atoms with van der Waals surface area (Å²) in [5.74, 6) is 1.58. The minimum atomic E-state index is 0.204. The van der Waals surface area contributed by atoms with Crippen LogP contribution >= 0.6 is 0 Å². The standard InChI is InChI=1S/C15H32N2O/c1-4-14(10-11-16)8-9-15(18)17-12-6-5-7-13(2)3/h13-14H,4-12,16H2,1-3H3,(H,17,18). The molecule has 0 saturated carbocycles. The number of hydrogen-bond acceptors (Lipinski definition) is 2. The second kappa shape index (κ2) is 11.5. The number of carbonyl (C=O) groups excluding carboxylic acids is 1. The highest BCUT2D eigenvalue weighted by Gasteiger charge is 2.08. The Hall–Kier alpha value is -0.570. The van der Waals surface area contributed by atoms with E-state index in [1.54, 1.807) is 0 Å². The second-order valence-corrected chi connectivity index (χ2v) is 5.63. The summed E-state index contributed by atoms with van der Waals surface area (Å²) in [5, 5.41) is 3.01. The Kier molecular flexibility index (Phi) is 11.2. The molecule has 0 aromatic heterocycles. The predicted molar refractivity (Wildman–Crippen MR) is 78.4 cm³/mol. The van der Waals surface area contributed by atoms with Crippen molar-refractivity contribution in [3.8, 4) is 0 Å². The lowest BCUT2D eigenvalue weighted by molar-refractivity contribution is -0.121. The van der Waals surface area contributed by atoms with Crippen LogP contribution in [0.3, 0.4) is 0 Å². The van der Waals surface area contributed by atoms with Gasteiger partial charge in [-0.15, -0.1) is 0 Å². The number of hydrogen-bond donors (Lipinski definition) is 2. The van der Waals surface area contributed by atoms with Crippen LogP contribution in [0.25, 0.3) is 0 Å². The molecule has 0 saturated heterocycles. The third-order valence-corrected chi connectivity index (χ3v) is 3.46. The zero-order valence-electron chi connectivity index (χ0n) is 12.5. The van der Waals surface area contributed by atoms with Gasteiger partial charge in [-0.3, -0.25) is 4.79 Å². The molecular weight excluding hydrogens is 224 g/mol. The van der Waals surface area contributed by atoms with E-state index >= 15 is 0 Å². The van der Waals surface area contributed by atoms with Crippen molar-refractivity contribution >= 4 is 5.91 Å². The van der Waals surface area contributed by atoms with Gasteiger partial charge in [-0.25, -0.2) is 0 Å². The fraction of sp³-hybridized carbons (Fsp3) is 0.933. The van der Waals surface area contributed by atoms with Gasteiger partial charge in [-0.05, 0) is 37.6 Å². The van der Waals surface area contributed by atoms with Crippen molar-refractivity contribution in [2.45, 2.75) is 65.7 Å². The van der Waals surface area contributed by atoms with E-state index in [1.807, 2.05) is 0 Å². The molecule has 3 heteroatoms. The maximum atomic E-state index is 11.6. The Labute approximate surface area is 113 Å². The summed E-state index contributed by atoms with van der Waals surface area (Å²) >= 11 is 0. The highest BCUT2D eigenvalue weighted by molar-refractivity contribution is 5.75. The molecule has 18 heavy (non-hydrogen) atoms. The fourth-order valence-corrected chi connectivity index (χ4v) is 2.12.